The lowest BCUT2D eigenvalue weighted by molar-refractivity contribution is -0.137. The van der Waals surface area contributed by atoms with Gasteiger partial charge in [0.1, 0.15) is 11.4 Å². The Labute approximate surface area is 158 Å². The molecule has 0 saturated carbocycles. The van der Waals surface area contributed by atoms with Crippen LogP contribution in [-0.4, -0.2) is 45.4 Å². The van der Waals surface area contributed by atoms with Gasteiger partial charge in [0, 0.05) is 49.1 Å². The highest BCUT2D eigenvalue weighted by Crippen LogP contribution is 2.32. The molecule has 0 aromatic carbocycles. The average molecular weight is 390 g/mol. The molecule has 1 aliphatic rings. The van der Waals surface area contributed by atoms with Gasteiger partial charge in [-0.2, -0.15) is 13.2 Å². The number of ether oxygens (including phenoxy) is 1. The van der Waals surface area contributed by atoms with E-state index < -0.39 is 17.3 Å². The van der Waals surface area contributed by atoms with Crippen molar-refractivity contribution in [3.05, 3.63) is 48.4 Å². The van der Waals surface area contributed by atoms with E-state index in [0.717, 1.165) is 12.3 Å². The van der Waals surface area contributed by atoms with E-state index >= 15 is 0 Å². The summed E-state index contributed by atoms with van der Waals surface area (Å²) < 4.78 is 43.5. The molecule has 0 spiro atoms. The Bertz CT molecular complexity index is 987. The third kappa shape index (κ3) is 3.63. The summed E-state index contributed by atoms with van der Waals surface area (Å²) in [5, 5.41) is 14.2. The molecule has 2 N–H and O–H groups in total. The van der Waals surface area contributed by atoms with Crippen molar-refractivity contribution in [1.29, 1.82) is 0 Å². The van der Waals surface area contributed by atoms with Gasteiger partial charge in [0.2, 0.25) is 0 Å². The zero-order valence-electron chi connectivity index (χ0n) is 14.7. The SMILES string of the molecule is OC1(CNc2ncc(-c3ccc(C(F)(F)F)cn3)c3ncccc23)CCOC1. The molecule has 3 aromatic heterocycles. The van der Waals surface area contributed by atoms with Crippen LogP contribution in [0.15, 0.2) is 42.9 Å². The summed E-state index contributed by atoms with van der Waals surface area (Å²) in [7, 11) is 0. The molecule has 6 nitrogen and oxygen atoms in total. The Kier molecular flexibility index (Phi) is 4.64. The normalized spacial score (nSPS) is 19.9. The van der Waals surface area contributed by atoms with E-state index in [-0.39, 0.29) is 13.2 Å². The van der Waals surface area contributed by atoms with Gasteiger partial charge >= 0.3 is 6.18 Å². The van der Waals surface area contributed by atoms with Crippen molar-refractivity contribution < 1.29 is 23.0 Å². The van der Waals surface area contributed by atoms with Crippen LogP contribution in [0.3, 0.4) is 0 Å². The van der Waals surface area contributed by atoms with Gasteiger partial charge in [-0.05, 0) is 24.3 Å². The summed E-state index contributed by atoms with van der Waals surface area (Å²) in [6.45, 7) is 1.03. The third-order valence-corrected chi connectivity index (χ3v) is 4.67. The van der Waals surface area contributed by atoms with E-state index in [0.29, 0.717) is 41.0 Å². The molecule has 1 atom stereocenters. The van der Waals surface area contributed by atoms with Crippen LogP contribution in [0, 0.1) is 0 Å². The average Bonchev–Trinajstić information content (AvgIpc) is 3.12. The van der Waals surface area contributed by atoms with Crippen LogP contribution in [0.1, 0.15) is 12.0 Å². The van der Waals surface area contributed by atoms with Crippen molar-refractivity contribution >= 4 is 16.7 Å². The van der Waals surface area contributed by atoms with Gasteiger partial charge < -0.3 is 15.2 Å². The van der Waals surface area contributed by atoms with Crippen LogP contribution in [-0.2, 0) is 10.9 Å². The van der Waals surface area contributed by atoms with Gasteiger partial charge in [0.05, 0.1) is 23.4 Å². The summed E-state index contributed by atoms with van der Waals surface area (Å²) >= 11 is 0. The number of alkyl halides is 3. The number of nitrogens with one attached hydrogen (secondary N) is 1. The Morgan fingerprint density at radius 1 is 1.14 bits per heavy atom. The summed E-state index contributed by atoms with van der Waals surface area (Å²) in [4.78, 5) is 12.7. The molecular formula is C19H17F3N4O2. The van der Waals surface area contributed by atoms with E-state index in [1.54, 1.807) is 18.3 Å². The first-order chi connectivity index (χ1) is 13.4. The first-order valence-corrected chi connectivity index (χ1v) is 8.67. The lowest BCUT2D eigenvalue weighted by Crippen LogP contribution is -2.37. The second kappa shape index (κ2) is 6.99. The van der Waals surface area contributed by atoms with Crippen molar-refractivity contribution in [2.45, 2.75) is 18.2 Å². The second-order valence-corrected chi connectivity index (χ2v) is 6.73. The summed E-state index contributed by atoms with van der Waals surface area (Å²) in [5.74, 6) is 0.527. The number of hydrogen-bond donors (Lipinski definition) is 2. The molecule has 1 unspecified atom stereocenters. The van der Waals surface area contributed by atoms with Crippen LogP contribution >= 0.6 is 0 Å². The fourth-order valence-electron chi connectivity index (χ4n) is 3.10. The van der Waals surface area contributed by atoms with E-state index in [1.807, 2.05) is 0 Å². The van der Waals surface area contributed by atoms with Gasteiger partial charge in [0.15, 0.2) is 0 Å². The topological polar surface area (TPSA) is 80.2 Å². The summed E-state index contributed by atoms with van der Waals surface area (Å²) in [5.41, 5.74) is -0.339. The van der Waals surface area contributed by atoms with E-state index in [2.05, 4.69) is 20.3 Å². The van der Waals surface area contributed by atoms with Gasteiger partial charge in [0.25, 0.3) is 0 Å². The van der Waals surface area contributed by atoms with E-state index in [1.165, 1.54) is 12.3 Å². The molecule has 0 radical (unpaired) electrons. The van der Waals surface area contributed by atoms with Gasteiger partial charge in [-0.15, -0.1) is 0 Å². The molecule has 4 rings (SSSR count). The van der Waals surface area contributed by atoms with Gasteiger partial charge in [-0.25, -0.2) is 4.98 Å². The van der Waals surface area contributed by atoms with Crippen molar-refractivity contribution in [3.63, 3.8) is 0 Å². The number of halogens is 3. The molecule has 1 fully saturated rings. The fraction of sp³-hybridized carbons (Fsp3) is 0.316. The maximum absolute atomic E-state index is 12.8. The number of hydrogen-bond acceptors (Lipinski definition) is 6. The van der Waals surface area contributed by atoms with E-state index in [9.17, 15) is 18.3 Å². The molecule has 28 heavy (non-hydrogen) atoms. The van der Waals surface area contributed by atoms with Crippen LogP contribution in [0.4, 0.5) is 19.0 Å². The molecule has 1 saturated heterocycles. The molecule has 1 aliphatic heterocycles. The Hall–Kier alpha value is -2.78. The highest BCUT2D eigenvalue weighted by atomic mass is 19.4. The lowest BCUT2D eigenvalue weighted by Gasteiger charge is -2.21. The Morgan fingerprint density at radius 3 is 2.68 bits per heavy atom. The van der Waals surface area contributed by atoms with Crippen LogP contribution in [0.5, 0.6) is 0 Å². The number of pyridine rings is 3. The second-order valence-electron chi connectivity index (χ2n) is 6.73. The minimum absolute atomic E-state index is 0.254. The monoisotopic (exact) mass is 390 g/mol. The number of aromatic nitrogens is 3. The predicted molar refractivity (Wildman–Crippen MR) is 96.6 cm³/mol. The number of fused-ring (bicyclic) bond motifs is 1. The third-order valence-electron chi connectivity index (χ3n) is 4.67. The highest BCUT2D eigenvalue weighted by molar-refractivity contribution is 5.98. The van der Waals surface area contributed by atoms with Crippen molar-refractivity contribution in [2.75, 3.05) is 25.1 Å². The van der Waals surface area contributed by atoms with Crippen molar-refractivity contribution in [2.24, 2.45) is 0 Å². The maximum atomic E-state index is 12.8. The van der Waals surface area contributed by atoms with Crippen molar-refractivity contribution in [1.82, 2.24) is 15.0 Å². The predicted octanol–water partition coefficient (Wildman–Crippen LogP) is 3.27. The molecule has 0 bridgehead atoms. The van der Waals surface area contributed by atoms with Crippen LogP contribution in [0.2, 0.25) is 0 Å². The van der Waals surface area contributed by atoms with Gasteiger partial charge in [-0.3, -0.25) is 9.97 Å². The smallest absolute Gasteiger partial charge is 0.386 e. The zero-order valence-corrected chi connectivity index (χ0v) is 14.7. The molecule has 0 aliphatic carbocycles. The fourth-order valence-corrected chi connectivity index (χ4v) is 3.10. The van der Waals surface area contributed by atoms with E-state index in [4.69, 9.17) is 4.74 Å². The number of anilines is 1. The number of rotatable bonds is 4. The molecule has 3 aromatic rings. The molecule has 9 heteroatoms. The zero-order chi connectivity index (χ0) is 19.8. The first-order valence-electron chi connectivity index (χ1n) is 8.67. The quantitative estimate of drug-likeness (QED) is 0.712. The first kappa shape index (κ1) is 18.6. The van der Waals surface area contributed by atoms with Crippen LogP contribution < -0.4 is 5.32 Å². The number of nitrogens with zero attached hydrogens (tertiary/aromatic N) is 3. The molecule has 146 valence electrons. The lowest BCUT2D eigenvalue weighted by atomic mass is 10.0. The molecule has 0 amide bonds. The standard InChI is InChI=1S/C19H17F3N4O2/c20-19(21,22)12-3-4-15(24-8-12)14-9-25-17(13-2-1-6-23-16(13)14)26-10-18(27)5-7-28-11-18/h1-4,6,8-9,27H,5,7,10-11H2,(H,25,26). The van der Waals surface area contributed by atoms with Crippen molar-refractivity contribution in [3.8, 4) is 11.3 Å². The van der Waals surface area contributed by atoms with Crippen LogP contribution in [0.25, 0.3) is 22.2 Å². The summed E-state index contributed by atoms with van der Waals surface area (Å²) in [6.07, 6.45) is -0.00179. The largest absolute Gasteiger partial charge is 0.417 e. The van der Waals surface area contributed by atoms with Gasteiger partial charge in [-0.1, -0.05) is 0 Å². The highest BCUT2D eigenvalue weighted by Gasteiger charge is 2.32. The minimum Gasteiger partial charge on any atom is -0.386 e. The number of aliphatic hydroxyl groups is 1. The summed E-state index contributed by atoms with van der Waals surface area (Å²) in [6, 6.07) is 5.84. The molecule has 4 heterocycles. The Morgan fingerprint density at radius 2 is 2.00 bits per heavy atom. The maximum Gasteiger partial charge on any atom is 0.417 e. The Balaban J connectivity index is 1.67. The molecular weight excluding hydrogens is 373 g/mol. The minimum atomic E-state index is -4.44.